The van der Waals surface area contributed by atoms with Gasteiger partial charge < -0.3 is 10.1 Å². The predicted molar refractivity (Wildman–Crippen MR) is 201 cm³/mol. The zero-order valence-electron chi connectivity index (χ0n) is 28.4. The van der Waals surface area contributed by atoms with Gasteiger partial charge in [-0.3, -0.25) is 23.5 Å². The van der Waals surface area contributed by atoms with E-state index in [2.05, 4.69) is 4.98 Å². The lowest BCUT2D eigenvalue weighted by atomic mass is 9.90. The molecule has 0 saturated heterocycles. The number of alkyl halides is 6. The van der Waals surface area contributed by atoms with Crippen molar-refractivity contribution in [1.29, 1.82) is 0 Å². The normalized spacial score (nSPS) is 12.9. The number of hydrogen-bond donors (Lipinski definition) is 2. The molecule has 0 unspecified atom stereocenters. The second-order valence-electron chi connectivity index (χ2n) is 13.8. The van der Waals surface area contributed by atoms with E-state index < -0.39 is 46.0 Å². The van der Waals surface area contributed by atoms with Crippen LogP contribution in [0.2, 0.25) is 0 Å². The average molecular weight is 761 g/mol. The van der Waals surface area contributed by atoms with Crippen LogP contribution in [0, 0.1) is 0 Å². The van der Waals surface area contributed by atoms with E-state index in [-0.39, 0.29) is 73.0 Å². The largest absolute Gasteiger partial charge is 0.494 e. The minimum atomic E-state index is -4.60. The summed E-state index contributed by atoms with van der Waals surface area (Å²) in [4.78, 5) is 52.6. The summed E-state index contributed by atoms with van der Waals surface area (Å²) in [6.07, 6.45) is -9.20. The number of halogens is 6. The summed E-state index contributed by atoms with van der Waals surface area (Å²) in [6.45, 7) is -0.718. The van der Waals surface area contributed by atoms with Crippen LogP contribution in [0.4, 0.5) is 26.3 Å². The first-order valence-corrected chi connectivity index (χ1v) is 17.2. The number of pyridine rings is 2. The van der Waals surface area contributed by atoms with Crippen LogP contribution < -0.4 is 16.7 Å². The lowest BCUT2D eigenvalue weighted by molar-refractivity contribution is -0.138. The van der Waals surface area contributed by atoms with Gasteiger partial charge in [0, 0.05) is 37.8 Å². The number of hydrogen-bond acceptors (Lipinski definition) is 5. The van der Waals surface area contributed by atoms with Gasteiger partial charge in [-0.15, -0.1) is 0 Å². The Hall–Kier alpha value is -6.96. The van der Waals surface area contributed by atoms with Crippen molar-refractivity contribution in [2.24, 2.45) is 0 Å². The molecule has 276 valence electrons. The Kier molecular flexibility index (Phi) is 6.77. The smallest absolute Gasteiger partial charge is 0.416 e. The zero-order chi connectivity index (χ0) is 39.0. The van der Waals surface area contributed by atoms with Gasteiger partial charge in [0.15, 0.2) is 0 Å². The number of aromatic nitrogens is 4. The van der Waals surface area contributed by atoms with Gasteiger partial charge >= 0.3 is 12.4 Å². The second-order valence-corrected chi connectivity index (χ2v) is 13.8. The first kappa shape index (κ1) is 33.6. The van der Waals surface area contributed by atoms with Crippen molar-refractivity contribution in [3.8, 4) is 5.88 Å². The highest BCUT2D eigenvalue weighted by molar-refractivity contribution is 6.44. The summed E-state index contributed by atoms with van der Waals surface area (Å²) in [6, 6.07) is 22.2. The van der Waals surface area contributed by atoms with Crippen LogP contribution in [0.1, 0.15) is 22.3 Å². The second kappa shape index (κ2) is 11.3. The Morgan fingerprint density at radius 2 is 1.04 bits per heavy atom. The van der Waals surface area contributed by atoms with E-state index in [1.165, 1.54) is 24.3 Å². The summed E-state index contributed by atoms with van der Waals surface area (Å²) in [5.74, 6) is -0.570. The molecule has 0 fully saturated rings. The average Bonchev–Trinajstić information content (AvgIpc) is 3.74. The Morgan fingerprint density at radius 1 is 0.536 bits per heavy atom. The number of benzene rings is 6. The number of aromatic hydroxyl groups is 1. The third kappa shape index (κ3) is 4.61. The topological polar surface area (TPSA) is 110 Å². The fourth-order valence-electron chi connectivity index (χ4n) is 8.19. The van der Waals surface area contributed by atoms with E-state index in [0.29, 0.717) is 27.2 Å². The Labute approximate surface area is 307 Å². The van der Waals surface area contributed by atoms with E-state index in [1.54, 1.807) is 48.5 Å². The molecule has 0 bridgehead atoms. The highest BCUT2D eigenvalue weighted by Gasteiger charge is 2.33. The number of nitrogens with zero attached hydrogens (tertiary/aromatic N) is 3. The molecular formula is C42H22F6N4O4. The Balaban J connectivity index is 1.39. The van der Waals surface area contributed by atoms with E-state index in [9.17, 15) is 45.8 Å². The van der Waals surface area contributed by atoms with Crippen LogP contribution in [-0.2, 0) is 25.4 Å². The van der Waals surface area contributed by atoms with Crippen LogP contribution in [0.25, 0.3) is 75.9 Å². The molecule has 0 saturated carbocycles. The maximum absolute atomic E-state index is 14.9. The molecule has 0 atom stereocenters. The van der Waals surface area contributed by atoms with Crippen molar-refractivity contribution in [2.75, 3.05) is 0 Å². The standard InChI is InChI=1S/C42H22F6N4O4/c43-41(44,45)21-13-9-19(10-14-21)17-51-37(53)31-27-23-5-1-3-7-25(23)49-35(27)33-30-29(31)34(40(51)56)36-28(24-6-2-4-8-26(24)50-36)32(30)38(54)52(39(33)55)18-20-11-15-22(16-12-20)42(46,47)48/h1-16,49,56H,17-18H2. The fourth-order valence-corrected chi connectivity index (χ4v) is 8.19. The third-order valence-electron chi connectivity index (χ3n) is 10.7. The number of H-pyrrole nitrogens is 1. The van der Waals surface area contributed by atoms with E-state index in [1.807, 2.05) is 0 Å². The van der Waals surface area contributed by atoms with Crippen molar-refractivity contribution >= 4 is 75.9 Å². The Morgan fingerprint density at radius 3 is 1.66 bits per heavy atom. The molecule has 0 radical (unpaired) electrons. The lowest BCUT2D eigenvalue weighted by Gasteiger charge is -2.19. The quantitative estimate of drug-likeness (QED) is 0.138. The molecule has 6 aromatic carbocycles. The molecule has 4 aromatic heterocycles. The van der Waals surface area contributed by atoms with Gasteiger partial charge in [-0.2, -0.15) is 26.3 Å². The van der Waals surface area contributed by atoms with Gasteiger partial charge in [0.2, 0.25) is 5.88 Å². The number of nitrogens with one attached hydrogen (secondary N) is 1. The van der Waals surface area contributed by atoms with E-state index in [4.69, 9.17) is 4.98 Å². The minimum absolute atomic E-state index is 0.0154. The first-order valence-electron chi connectivity index (χ1n) is 17.2. The molecule has 10 aromatic rings. The van der Waals surface area contributed by atoms with Crippen LogP contribution in [0.15, 0.2) is 111 Å². The van der Waals surface area contributed by atoms with Crippen molar-refractivity contribution in [1.82, 2.24) is 19.1 Å². The highest BCUT2D eigenvalue weighted by atomic mass is 19.4. The predicted octanol–water partition coefficient (Wildman–Crippen LogP) is 8.88. The molecule has 0 spiro atoms. The molecule has 4 heterocycles. The van der Waals surface area contributed by atoms with Crippen LogP contribution >= 0.6 is 0 Å². The van der Waals surface area contributed by atoms with Crippen molar-refractivity contribution in [3.63, 3.8) is 0 Å². The van der Waals surface area contributed by atoms with Gasteiger partial charge in [0.1, 0.15) is 0 Å². The maximum Gasteiger partial charge on any atom is 0.416 e. The molecule has 2 N–H and O–H groups in total. The van der Waals surface area contributed by atoms with Gasteiger partial charge in [-0.1, -0.05) is 60.7 Å². The fraction of sp³-hybridized carbons (Fsp3) is 0.0952. The van der Waals surface area contributed by atoms with Gasteiger partial charge in [0.05, 0.1) is 62.3 Å². The number of fused-ring (bicyclic) bond motifs is 10. The molecule has 0 aliphatic carbocycles. The summed E-state index contributed by atoms with van der Waals surface area (Å²) < 4.78 is 82.5. The first-order chi connectivity index (χ1) is 26.7. The summed E-state index contributed by atoms with van der Waals surface area (Å²) in [7, 11) is 0. The Bertz CT molecular complexity index is 3460. The van der Waals surface area contributed by atoms with Gasteiger partial charge in [-0.05, 0) is 47.5 Å². The molecular weight excluding hydrogens is 738 g/mol. The molecule has 0 aliphatic heterocycles. The molecule has 10 rings (SSSR count). The summed E-state index contributed by atoms with van der Waals surface area (Å²) in [5.41, 5.74) is -2.22. The third-order valence-corrected chi connectivity index (χ3v) is 10.7. The number of rotatable bonds is 4. The van der Waals surface area contributed by atoms with E-state index in [0.717, 1.165) is 33.4 Å². The SMILES string of the molecule is O=c1c2c3c4ccccc4[nH]c3c3c(=O)n(Cc4ccc(C(F)(F)F)cc4)c(=O)c4c5c6ccccc6nc5c(c(O)n1Cc1ccc(C(F)(F)F)cc1)c2c34. The molecule has 0 aliphatic rings. The van der Waals surface area contributed by atoms with Crippen LogP contribution in [-0.4, -0.2) is 24.2 Å². The van der Waals surface area contributed by atoms with Crippen molar-refractivity contribution < 1.29 is 31.4 Å². The van der Waals surface area contributed by atoms with Crippen LogP contribution in [0.3, 0.4) is 0 Å². The van der Waals surface area contributed by atoms with Crippen molar-refractivity contribution in [3.05, 3.63) is 150 Å². The molecule has 14 heteroatoms. The molecule has 0 amide bonds. The van der Waals surface area contributed by atoms with Gasteiger partial charge in [-0.25, -0.2) is 4.98 Å². The highest BCUT2D eigenvalue weighted by Crippen LogP contribution is 2.47. The number of aromatic amines is 1. The van der Waals surface area contributed by atoms with E-state index >= 15 is 0 Å². The van der Waals surface area contributed by atoms with Crippen LogP contribution in [0.5, 0.6) is 5.88 Å². The zero-order valence-corrected chi connectivity index (χ0v) is 28.4. The van der Waals surface area contributed by atoms with Crippen molar-refractivity contribution in [2.45, 2.75) is 25.4 Å². The monoisotopic (exact) mass is 760 g/mol. The maximum atomic E-state index is 14.9. The molecule has 8 nitrogen and oxygen atoms in total. The molecule has 56 heavy (non-hydrogen) atoms. The summed E-state index contributed by atoms with van der Waals surface area (Å²) >= 11 is 0. The number of para-hydroxylation sites is 2. The minimum Gasteiger partial charge on any atom is -0.494 e. The van der Waals surface area contributed by atoms with Gasteiger partial charge in [0.25, 0.3) is 16.7 Å². The lowest BCUT2D eigenvalue weighted by Crippen LogP contribution is -2.34. The summed E-state index contributed by atoms with van der Waals surface area (Å²) in [5, 5.41) is 14.1.